The number of hydrogen-bond acceptors (Lipinski definition) is 2. The van der Waals surface area contributed by atoms with Crippen molar-refractivity contribution in [2.45, 2.75) is 26.9 Å². The van der Waals surface area contributed by atoms with Crippen molar-refractivity contribution in [1.82, 2.24) is 15.1 Å². The van der Waals surface area contributed by atoms with E-state index in [-0.39, 0.29) is 0 Å². The minimum atomic E-state index is 0.632. The van der Waals surface area contributed by atoms with Crippen LogP contribution in [-0.2, 0) is 13.1 Å². The van der Waals surface area contributed by atoms with Crippen LogP contribution in [0, 0.1) is 5.92 Å². The Morgan fingerprint density at radius 2 is 2.40 bits per heavy atom. The summed E-state index contributed by atoms with van der Waals surface area (Å²) < 4.78 is 2.96. The molecular weight excluding hydrogens is 254 g/mol. The zero-order chi connectivity index (χ0) is 11.3. The number of hydrogen-bond donors (Lipinski definition) is 1. The Bertz CT molecular complexity index is 317. The van der Waals surface area contributed by atoms with Gasteiger partial charge in [0.25, 0.3) is 0 Å². The van der Waals surface area contributed by atoms with E-state index < -0.39 is 0 Å². The van der Waals surface area contributed by atoms with Gasteiger partial charge in [-0.3, -0.25) is 4.68 Å². The van der Waals surface area contributed by atoms with Crippen molar-refractivity contribution < 1.29 is 0 Å². The van der Waals surface area contributed by atoms with Crippen LogP contribution in [0.4, 0.5) is 0 Å². The largest absolute Gasteiger partial charge is 0.308 e. The maximum Gasteiger partial charge on any atom is 0.0534 e. The highest BCUT2D eigenvalue weighted by molar-refractivity contribution is 9.11. The summed E-state index contributed by atoms with van der Waals surface area (Å²) >= 11 is 3.31. The molecule has 0 aliphatic carbocycles. The van der Waals surface area contributed by atoms with E-state index in [0.29, 0.717) is 5.92 Å². The summed E-state index contributed by atoms with van der Waals surface area (Å²) in [7, 11) is 0. The Morgan fingerprint density at radius 3 is 3.00 bits per heavy atom. The van der Waals surface area contributed by atoms with Gasteiger partial charge in [0, 0.05) is 35.9 Å². The third-order valence-electron chi connectivity index (χ3n) is 1.88. The highest BCUT2D eigenvalue weighted by Crippen LogP contribution is 2.03. The maximum absolute atomic E-state index is 4.30. The van der Waals surface area contributed by atoms with Gasteiger partial charge in [-0.25, -0.2) is 0 Å². The van der Waals surface area contributed by atoms with Crippen LogP contribution in [0.1, 0.15) is 19.4 Å². The molecule has 15 heavy (non-hydrogen) atoms. The predicted molar refractivity (Wildman–Crippen MR) is 66.8 cm³/mol. The Kier molecular flexibility index (Phi) is 5.05. The van der Waals surface area contributed by atoms with Crippen LogP contribution in [0.25, 0.3) is 0 Å². The lowest BCUT2D eigenvalue weighted by Gasteiger charge is -2.03. The van der Waals surface area contributed by atoms with Crippen LogP contribution in [0.5, 0.6) is 0 Å². The van der Waals surface area contributed by atoms with Crippen LogP contribution in [0.2, 0.25) is 0 Å². The summed E-state index contributed by atoms with van der Waals surface area (Å²) in [5, 5.41) is 7.56. The lowest BCUT2D eigenvalue weighted by molar-refractivity contribution is 0.482. The van der Waals surface area contributed by atoms with Crippen molar-refractivity contribution in [2.24, 2.45) is 5.92 Å². The molecule has 1 aromatic heterocycles. The number of rotatable bonds is 6. The minimum Gasteiger partial charge on any atom is -0.308 e. The first-order chi connectivity index (χ1) is 7.08. The van der Waals surface area contributed by atoms with E-state index in [1.54, 1.807) is 0 Å². The monoisotopic (exact) mass is 271 g/mol. The van der Waals surface area contributed by atoms with E-state index in [2.05, 4.69) is 53.0 Å². The second-order valence-electron chi connectivity index (χ2n) is 4.09. The first kappa shape index (κ1) is 12.5. The lowest BCUT2D eigenvalue weighted by atomic mass is 10.2. The molecule has 1 rings (SSSR count). The SMILES string of the molecule is C=C(Br)CNCc1cnn(CC(C)C)c1. The van der Waals surface area contributed by atoms with Gasteiger partial charge >= 0.3 is 0 Å². The Balaban J connectivity index is 2.36. The molecule has 0 atom stereocenters. The van der Waals surface area contributed by atoms with E-state index in [0.717, 1.165) is 24.1 Å². The van der Waals surface area contributed by atoms with E-state index in [1.165, 1.54) is 5.56 Å². The Morgan fingerprint density at radius 1 is 1.67 bits per heavy atom. The van der Waals surface area contributed by atoms with E-state index in [9.17, 15) is 0 Å². The van der Waals surface area contributed by atoms with E-state index in [1.807, 2.05) is 10.9 Å². The van der Waals surface area contributed by atoms with Crippen molar-refractivity contribution in [3.63, 3.8) is 0 Å². The van der Waals surface area contributed by atoms with Crippen LogP contribution < -0.4 is 5.32 Å². The van der Waals surface area contributed by atoms with Crippen molar-refractivity contribution in [2.75, 3.05) is 6.54 Å². The van der Waals surface area contributed by atoms with Gasteiger partial charge in [0.05, 0.1) is 6.20 Å². The first-order valence-corrected chi connectivity index (χ1v) is 5.92. The summed E-state index contributed by atoms with van der Waals surface area (Å²) in [5.41, 5.74) is 1.21. The first-order valence-electron chi connectivity index (χ1n) is 5.13. The summed E-state index contributed by atoms with van der Waals surface area (Å²) in [6, 6.07) is 0. The van der Waals surface area contributed by atoms with Crippen molar-refractivity contribution >= 4 is 15.9 Å². The lowest BCUT2D eigenvalue weighted by Crippen LogP contribution is -2.14. The summed E-state index contributed by atoms with van der Waals surface area (Å²) in [6.45, 7) is 10.7. The molecule has 0 saturated heterocycles. The highest BCUT2D eigenvalue weighted by Gasteiger charge is 2.00. The van der Waals surface area contributed by atoms with Gasteiger partial charge in [0.2, 0.25) is 0 Å². The van der Waals surface area contributed by atoms with Crippen molar-refractivity contribution in [3.05, 3.63) is 29.0 Å². The zero-order valence-electron chi connectivity index (χ0n) is 9.33. The fourth-order valence-electron chi connectivity index (χ4n) is 1.31. The maximum atomic E-state index is 4.30. The molecule has 1 aromatic rings. The highest BCUT2D eigenvalue weighted by atomic mass is 79.9. The van der Waals surface area contributed by atoms with Crippen LogP contribution >= 0.6 is 15.9 Å². The fraction of sp³-hybridized carbons (Fsp3) is 0.545. The molecule has 0 aliphatic rings. The molecule has 84 valence electrons. The van der Waals surface area contributed by atoms with Gasteiger partial charge in [-0.1, -0.05) is 36.4 Å². The third-order valence-corrected chi connectivity index (χ3v) is 2.17. The Hall–Kier alpha value is -0.610. The molecule has 0 fully saturated rings. The van der Waals surface area contributed by atoms with Gasteiger partial charge < -0.3 is 5.32 Å². The molecule has 0 radical (unpaired) electrons. The number of nitrogens with one attached hydrogen (secondary N) is 1. The Labute approximate surface area is 99.7 Å². The van der Waals surface area contributed by atoms with Gasteiger partial charge in [0.15, 0.2) is 0 Å². The van der Waals surface area contributed by atoms with E-state index in [4.69, 9.17) is 0 Å². The van der Waals surface area contributed by atoms with Gasteiger partial charge in [0.1, 0.15) is 0 Å². The molecule has 0 unspecified atom stereocenters. The second kappa shape index (κ2) is 6.08. The molecule has 0 saturated carbocycles. The second-order valence-corrected chi connectivity index (χ2v) is 5.21. The minimum absolute atomic E-state index is 0.632. The smallest absolute Gasteiger partial charge is 0.0534 e. The number of halogens is 1. The normalized spacial score (nSPS) is 10.9. The summed E-state index contributed by atoms with van der Waals surface area (Å²) in [6.07, 6.45) is 4.00. The van der Waals surface area contributed by atoms with Crippen molar-refractivity contribution in [3.8, 4) is 0 Å². The van der Waals surface area contributed by atoms with Gasteiger partial charge in [-0.2, -0.15) is 5.10 Å². The molecule has 0 bridgehead atoms. The molecule has 1 heterocycles. The molecule has 3 nitrogen and oxygen atoms in total. The number of nitrogens with zero attached hydrogens (tertiary/aromatic N) is 2. The molecule has 0 aromatic carbocycles. The van der Waals surface area contributed by atoms with E-state index >= 15 is 0 Å². The molecule has 0 aliphatic heterocycles. The standard InChI is InChI=1S/C11H18BrN3/c1-9(2)7-15-8-11(6-14-15)5-13-4-10(3)12/h6,8-9,13H,3-5,7H2,1-2H3. The van der Waals surface area contributed by atoms with Crippen LogP contribution in [-0.4, -0.2) is 16.3 Å². The fourth-order valence-corrected chi connectivity index (χ4v) is 1.51. The third kappa shape index (κ3) is 5.14. The quantitative estimate of drug-likeness (QED) is 0.862. The molecular formula is C11H18BrN3. The molecule has 1 N–H and O–H groups in total. The predicted octanol–water partition coefficient (Wildman–Crippen LogP) is 2.54. The van der Waals surface area contributed by atoms with Gasteiger partial charge in [-0.05, 0) is 5.92 Å². The molecule has 0 spiro atoms. The topological polar surface area (TPSA) is 29.9 Å². The van der Waals surface area contributed by atoms with Crippen LogP contribution in [0.15, 0.2) is 23.5 Å². The molecule has 0 amide bonds. The summed E-state index contributed by atoms with van der Waals surface area (Å²) in [4.78, 5) is 0. The molecule has 4 heteroatoms. The zero-order valence-corrected chi connectivity index (χ0v) is 10.9. The summed E-state index contributed by atoms with van der Waals surface area (Å²) in [5.74, 6) is 0.632. The van der Waals surface area contributed by atoms with Crippen molar-refractivity contribution in [1.29, 1.82) is 0 Å². The van der Waals surface area contributed by atoms with Crippen LogP contribution in [0.3, 0.4) is 0 Å². The average Bonchev–Trinajstić information content (AvgIpc) is 2.50. The average molecular weight is 272 g/mol. The van der Waals surface area contributed by atoms with Gasteiger partial charge in [-0.15, -0.1) is 0 Å². The number of aromatic nitrogens is 2.